The first kappa shape index (κ1) is 23.2. The molecule has 32 heavy (non-hydrogen) atoms. The van der Waals surface area contributed by atoms with E-state index in [1.54, 1.807) is 18.2 Å². The molecule has 7 nitrogen and oxygen atoms in total. The highest BCUT2D eigenvalue weighted by molar-refractivity contribution is 8.18. The maximum absolute atomic E-state index is 13.8. The molecule has 2 aromatic rings. The third kappa shape index (κ3) is 5.82. The fourth-order valence-electron chi connectivity index (χ4n) is 3.03. The lowest BCUT2D eigenvalue weighted by molar-refractivity contribution is -0.124. The second-order valence-electron chi connectivity index (χ2n) is 7.03. The van der Waals surface area contributed by atoms with Crippen LogP contribution in [0.25, 0.3) is 6.08 Å². The quantitative estimate of drug-likeness (QED) is 0.597. The standard InChI is InChI=1S/C23H22FN3O4S/c1-15-6-2-4-8-17(15)21(29)26-11-10-20(28)25-12-13-27-22(30)19(32-23(27)31)14-16-7-3-5-9-18(16)24/h2-9,14H,10-13H2,1H3,(H,25,28)(H,26,29)/b19-14-. The molecule has 1 heterocycles. The molecule has 0 radical (unpaired) electrons. The second kappa shape index (κ2) is 10.7. The predicted octanol–water partition coefficient (Wildman–Crippen LogP) is 3.11. The highest BCUT2D eigenvalue weighted by Crippen LogP contribution is 2.32. The van der Waals surface area contributed by atoms with E-state index in [-0.39, 0.29) is 48.3 Å². The van der Waals surface area contributed by atoms with Gasteiger partial charge < -0.3 is 10.6 Å². The number of carbonyl (C=O) groups excluding carboxylic acids is 4. The number of thioether (sulfide) groups is 1. The van der Waals surface area contributed by atoms with Crippen LogP contribution in [0, 0.1) is 12.7 Å². The van der Waals surface area contributed by atoms with E-state index in [2.05, 4.69) is 10.6 Å². The summed E-state index contributed by atoms with van der Waals surface area (Å²) in [6.45, 7) is 2.07. The van der Waals surface area contributed by atoms with Gasteiger partial charge in [-0.25, -0.2) is 4.39 Å². The van der Waals surface area contributed by atoms with Gasteiger partial charge in [0.2, 0.25) is 5.91 Å². The first-order valence-corrected chi connectivity index (χ1v) is 10.8. The summed E-state index contributed by atoms with van der Waals surface area (Å²) in [5.41, 5.74) is 1.62. The molecule has 1 saturated heterocycles. The van der Waals surface area contributed by atoms with Gasteiger partial charge in [0, 0.05) is 37.2 Å². The highest BCUT2D eigenvalue weighted by atomic mass is 32.2. The van der Waals surface area contributed by atoms with Gasteiger partial charge in [-0.1, -0.05) is 36.4 Å². The number of imide groups is 1. The van der Waals surface area contributed by atoms with Crippen molar-refractivity contribution >= 4 is 40.8 Å². The lowest BCUT2D eigenvalue weighted by atomic mass is 10.1. The van der Waals surface area contributed by atoms with Crippen molar-refractivity contribution < 1.29 is 23.6 Å². The van der Waals surface area contributed by atoms with Crippen molar-refractivity contribution in [2.45, 2.75) is 13.3 Å². The Kier molecular flexibility index (Phi) is 7.77. The lowest BCUT2D eigenvalue weighted by Gasteiger charge is -2.13. The largest absolute Gasteiger partial charge is 0.354 e. The summed E-state index contributed by atoms with van der Waals surface area (Å²) < 4.78 is 13.8. The second-order valence-corrected chi connectivity index (χ2v) is 8.02. The van der Waals surface area contributed by atoms with Crippen LogP contribution >= 0.6 is 11.8 Å². The zero-order valence-electron chi connectivity index (χ0n) is 17.4. The molecule has 0 saturated carbocycles. The van der Waals surface area contributed by atoms with Crippen LogP contribution in [0.1, 0.15) is 27.9 Å². The van der Waals surface area contributed by atoms with Gasteiger partial charge in [-0.05, 0) is 42.5 Å². The molecule has 0 aliphatic carbocycles. The number of rotatable bonds is 8. The summed E-state index contributed by atoms with van der Waals surface area (Å²) in [6.07, 6.45) is 1.41. The average Bonchev–Trinajstić information content (AvgIpc) is 3.03. The Bertz CT molecular complexity index is 1090. The van der Waals surface area contributed by atoms with Crippen molar-refractivity contribution in [3.8, 4) is 0 Å². The Labute approximate surface area is 189 Å². The first-order valence-electron chi connectivity index (χ1n) is 9.97. The van der Waals surface area contributed by atoms with E-state index >= 15 is 0 Å². The molecule has 2 aromatic carbocycles. The van der Waals surface area contributed by atoms with Crippen molar-refractivity contribution in [1.29, 1.82) is 0 Å². The third-order valence-corrected chi connectivity index (χ3v) is 5.66. The van der Waals surface area contributed by atoms with E-state index in [1.165, 1.54) is 24.3 Å². The van der Waals surface area contributed by atoms with Gasteiger partial charge in [0.05, 0.1) is 4.91 Å². The fraction of sp³-hybridized carbons (Fsp3) is 0.217. The van der Waals surface area contributed by atoms with Gasteiger partial charge in [0.1, 0.15) is 5.82 Å². The molecule has 2 N–H and O–H groups in total. The van der Waals surface area contributed by atoms with E-state index in [1.807, 2.05) is 19.1 Å². The topological polar surface area (TPSA) is 95.6 Å². The Morgan fingerprint density at radius 2 is 1.75 bits per heavy atom. The number of amides is 4. The maximum Gasteiger partial charge on any atom is 0.293 e. The minimum atomic E-state index is -0.525. The number of nitrogens with zero attached hydrogens (tertiary/aromatic N) is 1. The van der Waals surface area contributed by atoms with Crippen LogP contribution in [0.2, 0.25) is 0 Å². The minimum absolute atomic E-state index is 0.000583. The van der Waals surface area contributed by atoms with Crippen LogP contribution in [0.15, 0.2) is 53.4 Å². The van der Waals surface area contributed by atoms with Crippen LogP contribution in [-0.4, -0.2) is 47.5 Å². The van der Waals surface area contributed by atoms with Gasteiger partial charge in [0.25, 0.3) is 17.1 Å². The monoisotopic (exact) mass is 455 g/mol. The molecule has 0 atom stereocenters. The van der Waals surface area contributed by atoms with Crippen LogP contribution in [0.3, 0.4) is 0 Å². The van der Waals surface area contributed by atoms with Gasteiger partial charge in [0.15, 0.2) is 0 Å². The number of hydrogen-bond donors (Lipinski definition) is 2. The molecule has 166 valence electrons. The molecule has 3 rings (SSSR count). The molecule has 1 aliphatic rings. The van der Waals surface area contributed by atoms with Crippen molar-refractivity contribution in [3.63, 3.8) is 0 Å². The van der Waals surface area contributed by atoms with Crippen LogP contribution < -0.4 is 10.6 Å². The van der Waals surface area contributed by atoms with E-state index in [0.717, 1.165) is 22.2 Å². The van der Waals surface area contributed by atoms with Gasteiger partial charge in [-0.2, -0.15) is 0 Å². The number of halogens is 1. The van der Waals surface area contributed by atoms with Crippen molar-refractivity contribution in [2.24, 2.45) is 0 Å². The summed E-state index contributed by atoms with van der Waals surface area (Å²) in [5, 5.41) is 4.84. The molecule has 1 fully saturated rings. The molecule has 4 amide bonds. The number of benzene rings is 2. The van der Waals surface area contributed by atoms with Crippen molar-refractivity contribution in [2.75, 3.05) is 19.6 Å². The Morgan fingerprint density at radius 3 is 2.50 bits per heavy atom. The molecular weight excluding hydrogens is 433 g/mol. The van der Waals surface area contributed by atoms with Gasteiger partial charge in [-0.15, -0.1) is 0 Å². The molecule has 9 heteroatoms. The van der Waals surface area contributed by atoms with Crippen molar-refractivity contribution in [1.82, 2.24) is 15.5 Å². The number of hydrogen-bond acceptors (Lipinski definition) is 5. The fourth-order valence-corrected chi connectivity index (χ4v) is 3.89. The van der Waals surface area contributed by atoms with Crippen LogP contribution in [-0.2, 0) is 9.59 Å². The predicted molar refractivity (Wildman–Crippen MR) is 120 cm³/mol. The highest BCUT2D eigenvalue weighted by Gasteiger charge is 2.34. The summed E-state index contributed by atoms with van der Waals surface area (Å²) in [7, 11) is 0. The first-order chi connectivity index (χ1) is 15.4. The Balaban J connectivity index is 1.43. The molecule has 0 unspecified atom stereocenters. The van der Waals surface area contributed by atoms with E-state index in [0.29, 0.717) is 5.56 Å². The molecule has 1 aliphatic heterocycles. The maximum atomic E-state index is 13.8. The summed E-state index contributed by atoms with van der Waals surface area (Å²) >= 11 is 0.732. The number of nitrogens with one attached hydrogen (secondary N) is 2. The lowest BCUT2D eigenvalue weighted by Crippen LogP contribution is -2.38. The average molecular weight is 456 g/mol. The molecular formula is C23H22FN3O4S. The summed E-state index contributed by atoms with van der Waals surface area (Å²) in [4.78, 5) is 49.9. The normalized spacial score (nSPS) is 14.7. The summed E-state index contributed by atoms with van der Waals surface area (Å²) in [5.74, 6) is -1.58. The zero-order chi connectivity index (χ0) is 23.1. The zero-order valence-corrected chi connectivity index (χ0v) is 18.2. The van der Waals surface area contributed by atoms with Gasteiger partial charge >= 0.3 is 0 Å². The van der Waals surface area contributed by atoms with Crippen molar-refractivity contribution in [3.05, 3.63) is 75.9 Å². The van der Waals surface area contributed by atoms with Crippen LogP contribution in [0.4, 0.5) is 9.18 Å². The molecule has 0 bridgehead atoms. The van der Waals surface area contributed by atoms with E-state index in [4.69, 9.17) is 0 Å². The number of aryl methyl sites for hydroxylation is 1. The van der Waals surface area contributed by atoms with E-state index in [9.17, 15) is 23.6 Å². The van der Waals surface area contributed by atoms with Crippen LogP contribution in [0.5, 0.6) is 0 Å². The molecule has 0 aromatic heterocycles. The minimum Gasteiger partial charge on any atom is -0.354 e. The smallest absolute Gasteiger partial charge is 0.293 e. The number of carbonyl (C=O) groups is 4. The summed E-state index contributed by atoms with van der Waals surface area (Å²) in [6, 6.07) is 13.1. The van der Waals surface area contributed by atoms with Gasteiger partial charge in [-0.3, -0.25) is 24.1 Å². The van der Waals surface area contributed by atoms with E-state index < -0.39 is 17.0 Å². The third-order valence-electron chi connectivity index (χ3n) is 4.75. The SMILES string of the molecule is Cc1ccccc1C(=O)NCCC(=O)NCCN1C(=O)S/C(=C\c2ccccc2F)C1=O. The Hall–Kier alpha value is -3.46. The Morgan fingerprint density at radius 1 is 1.03 bits per heavy atom. The molecule has 0 spiro atoms.